The van der Waals surface area contributed by atoms with Crippen molar-refractivity contribution >= 4 is 46.4 Å². The van der Waals surface area contributed by atoms with E-state index < -0.39 is 0 Å². The molecule has 6 nitrogen and oxygen atoms in total. The molecule has 0 spiro atoms. The fraction of sp³-hybridized carbons (Fsp3) is 0.133. The van der Waals surface area contributed by atoms with Crippen molar-refractivity contribution in [2.24, 2.45) is 0 Å². The van der Waals surface area contributed by atoms with Crippen molar-refractivity contribution in [2.45, 2.75) is 0 Å². The molecule has 0 atom stereocenters. The number of thiophene rings is 2. The van der Waals surface area contributed by atoms with Crippen molar-refractivity contribution in [3.63, 3.8) is 0 Å². The van der Waals surface area contributed by atoms with E-state index in [-0.39, 0.29) is 11.6 Å². The molecule has 0 bridgehead atoms. The van der Waals surface area contributed by atoms with Gasteiger partial charge < -0.3 is 18.9 Å². The number of rotatable bonds is 10. The van der Waals surface area contributed by atoms with Crippen LogP contribution in [0.1, 0.15) is 30.5 Å². The summed E-state index contributed by atoms with van der Waals surface area (Å²) in [4.78, 5) is 25.1. The van der Waals surface area contributed by atoms with E-state index in [1.807, 2.05) is 71.4 Å². The van der Waals surface area contributed by atoms with Crippen LogP contribution < -0.4 is 18.9 Å². The lowest BCUT2D eigenvalue weighted by atomic mass is 10.1. The molecule has 0 unspecified atom stereocenters. The highest BCUT2D eigenvalue weighted by atomic mass is 32.1. The van der Waals surface area contributed by atoms with Crippen LogP contribution in [-0.4, -0.2) is 40.0 Å². The molecule has 0 fully saturated rings. The number of carbonyl (C=O) groups is 2. The van der Waals surface area contributed by atoms with Gasteiger partial charge in [0.25, 0.3) is 0 Å². The van der Waals surface area contributed by atoms with Gasteiger partial charge in [-0.15, -0.1) is 22.7 Å². The topological polar surface area (TPSA) is 71.1 Å². The van der Waals surface area contributed by atoms with Crippen LogP contribution in [0.3, 0.4) is 0 Å². The van der Waals surface area contributed by atoms with Crippen LogP contribution in [-0.2, 0) is 0 Å². The molecule has 0 aliphatic heterocycles. The fourth-order valence-corrected chi connectivity index (χ4v) is 4.55. The average molecular weight is 549 g/mol. The molecule has 2 aromatic heterocycles. The first kappa shape index (κ1) is 28.4. The van der Waals surface area contributed by atoms with E-state index in [1.165, 1.54) is 22.7 Å². The second-order valence-corrected chi connectivity index (χ2v) is 9.47. The molecule has 38 heavy (non-hydrogen) atoms. The van der Waals surface area contributed by atoms with E-state index >= 15 is 0 Å². The van der Waals surface area contributed by atoms with Gasteiger partial charge in [0.1, 0.15) is 0 Å². The van der Waals surface area contributed by atoms with Gasteiger partial charge in [-0.25, -0.2) is 0 Å². The summed E-state index contributed by atoms with van der Waals surface area (Å²) in [6, 6.07) is 18.4. The van der Waals surface area contributed by atoms with E-state index in [2.05, 4.69) is 0 Å². The second-order valence-electron chi connectivity index (χ2n) is 7.58. The van der Waals surface area contributed by atoms with E-state index in [0.29, 0.717) is 23.0 Å². The van der Waals surface area contributed by atoms with E-state index in [9.17, 15) is 9.59 Å². The van der Waals surface area contributed by atoms with Crippen LogP contribution in [0.4, 0.5) is 0 Å². The minimum atomic E-state index is 0.00443. The van der Waals surface area contributed by atoms with Crippen LogP contribution in [0.2, 0.25) is 0 Å². The number of benzene rings is 2. The third-order valence-corrected chi connectivity index (χ3v) is 6.97. The van der Waals surface area contributed by atoms with E-state index in [4.69, 9.17) is 18.9 Å². The van der Waals surface area contributed by atoms with Gasteiger partial charge in [-0.05, 0) is 70.4 Å². The van der Waals surface area contributed by atoms with Crippen LogP contribution >= 0.6 is 22.7 Å². The number of hydrogen-bond acceptors (Lipinski definition) is 8. The average Bonchev–Trinajstić information content (AvgIpc) is 3.70. The van der Waals surface area contributed by atoms with Gasteiger partial charge >= 0.3 is 0 Å². The Hall–Kier alpha value is -4.14. The summed E-state index contributed by atoms with van der Waals surface area (Å²) < 4.78 is 20.8. The summed E-state index contributed by atoms with van der Waals surface area (Å²) in [5, 5.41) is 3.77. The standard InChI is InChI=1S/2C15H14O3S/c2*1-17-13-8-6-11(10-14(13)18-2)5-7-12(16)15-4-3-9-19-15/h2*3-10H,1-2H3/b2*7-5+. The summed E-state index contributed by atoms with van der Waals surface area (Å²) >= 11 is 2.87. The molecule has 0 saturated heterocycles. The lowest BCUT2D eigenvalue weighted by Crippen LogP contribution is -1.91. The van der Waals surface area contributed by atoms with E-state index in [1.54, 1.807) is 52.7 Å². The lowest BCUT2D eigenvalue weighted by molar-refractivity contribution is 0.104. The maximum Gasteiger partial charge on any atom is 0.195 e. The summed E-state index contributed by atoms with van der Waals surface area (Å²) in [5.41, 5.74) is 1.78. The lowest BCUT2D eigenvalue weighted by Gasteiger charge is -2.07. The highest BCUT2D eigenvalue weighted by Gasteiger charge is 2.06. The first-order chi connectivity index (χ1) is 18.5. The molecule has 0 amide bonds. The van der Waals surface area contributed by atoms with Gasteiger partial charge in [0.2, 0.25) is 0 Å². The zero-order chi connectivity index (χ0) is 27.3. The number of ketones is 2. The predicted molar refractivity (Wildman–Crippen MR) is 154 cm³/mol. The Morgan fingerprint density at radius 2 is 0.974 bits per heavy atom. The van der Waals surface area contributed by atoms with Crippen molar-refractivity contribution < 1.29 is 28.5 Å². The Balaban J connectivity index is 0.000000211. The molecule has 4 rings (SSSR count). The monoisotopic (exact) mass is 548 g/mol. The largest absolute Gasteiger partial charge is 0.493 e. The minimum Gasteiger partial charge on any atom is -0.493 e. The van der Waals surface area contributed by atoms with Gasteiger partial charge in [0, 0.05) is 0 Å². The minimum absolute atomic E-state index is 0.00443. The van der Waals surface area contributed by atoms with Crippen LogP contribution in [0.25, 0.3) is 12.2 Å². The fourth-order valence-electron chi connectivity index (χ4n) is 3.26. The summed E-state index contributed by atoms with van der Waals surface area (Å²) in [6.45, 7) is 0. The van der Waals surface area contributed by atoms with Gasteiger partial charge in [-0.2, -0.15) is 0 Å². The molecule has 196 valence electrons. The molecule has 0 aliphatic rings. The third kappa shape index (κ3) is 7.93. The van der Waals surface area contributed by atoms with Crippen LogP contribution in [0.5, 0.6) is 23.0 Å². The molecule has 4 aromatic rings. The predicted octanol–water partition coefficient (Wildman–Crippen LogP) is 7.32. The van der Waals surface area contributed by atoms with Crippen molar-refractivity contribution in [3.8, 4) is 23.0 Å². The zero-order valence-corrected chi connectivity index (χ0v) is 23.1. The van der Waals surface area contributed by atoms with Crippen molar-refractivity contribution in [3.05, 3.63) is 104 Å². The van der Waals surface area contributed by atoms with Crippen LogP contribution in [0, 0.1) is 0 Å². The number of allylic oxidation sites excluding steroid dienone is 2. The maximum absolute atomic E-state index is 11.8. The molecule has 8 heteroatoms. The van der Waals surface area contributed by atoms with Gasteiger partial charge in [-0.3, -0.25) is 9.59 Å². The van der Waals surface area contributed by atoms with E-state index in [0.717, 1.165) is 20.9 Å². The number of methoxy groups -OCH3 is 4. The highest BCUT2D eigenvalue weighted by molar-refractivity contribution is 7.12. The smallest absolute Gasteiger partial charge is 0.195 e. The molecular formula is C30H28O6S2. The highest BCUT2D eigenvalue weighted by Crippen LogP contribution is 2.29. The van der Waals surface area contributed by atoms with Gasteiger partial charge in [0.05, 0.1) is 38.2 Å². The Bertz CT molecular complexity index is 1280. The van der Waals surface area contributed by atoms with Crippen molar-refractivity contribution in [1.82, 2.24) is 0 Å². The summed E-state index contributed by atoms with van der Waals surface area (Å²) in [5.74, 6) is 2.64. The number of carbonyl (C=O) groups excluding carboxylic acids is 2. The molecular weight excluding hydrogens is 520 g/mol. The number of ether oxygens (including phenoxy) is 4. The SMILES string of the molecule is COc1ccc(/C=C/C(=O)c2cccs2)cc1OC.COc1ccc(/C=C/C(=O)c2cccs2)cc1OC. The first-order valence-corrected chi connectivity index (χ1v) is 13.2. The number of hydrogen-bond donors (Lipinski definition) is 0. The Labute approximate surface area is 230 Å². The molecule has 0 N–H and O–H groups in total. The normalized spacial score (nSPS) is 10.6. The maximum atomic E-state index is 11.8. The zero-order valence-electron chi connectivity index (χ0n) is 21.5. The first-order valence-electron chi connectivity index (χ1n) is 11.4. The van der Waals surface area contributed by atoms with Crippen molar-refractivity contribution in [1.29, 1.82) is 0 Å². The molecule has 2 aromatic carbocycles. The van der Waals surface area contributed by atoms with Gasteiger partial charge in [-0.1, -0.05) is 36.4 Å². The molecule has 0 saturated carbocycles. The Morgan fingerprint density at radius 3 is 1.29 bits per heavy atom. The van der Waals surface area contributed by atoms with Crippen LogP contribution in [0.15, 0.2) is 83.6 Å². The molecule has 0 aliphatic carbocycles. The quantitative estimate of drug-likeness (QED) is 0.153. The molecule has 2 heterocycles. The summed E-state index contributed by atoms with van der Waals surface area (Å²) in [6.07, 6.45) is 6.66. The second kappa shape index (κ2) is 14.6. The molecule has 0 radical (unpaired) electrons. The van der Waals surface area contributed by atoms with Crippen molar-refractivity contribution in [2.75, 3.05) is 28.4 Å². The Kier molecular flexibility index (Phi) is 10.9. The summed E-state index contributed by atoms with van der Waals surface area (Å²) in [7, 11) is 6.35. The third-order valence-electron chi connectivity index (χ3n) is 5.20. The van der Waals surface area contributed by atoms with Gasteiger partial charge in [0.15, 0.2) is 34.6 Å². The Morgan fingerprint density at radius 1 is 0.579 bits per heavy atom.